The van der Waals surface area contributed by atoms with Crippen molar-refractivity contribution < 1.29 is 5.11 Å². The smallest absolute Gasteiger partial charge is 0.129 e. The largest absolute Gasteiger partial charge is 0.396 e. The molecule has 4 nitrogen and oxygen atoms in total. The molecule has 1 unspecified atom stereocenters. The fourth-order valence-corrected chi connectivity index (χ4v) is 1.28. The Hall–Kier alpha value is -1.16. The van der Waals surface area contributed by atoms with E-state index >= 15 is 0 Å². The number of hydrogen-bond acceptors (Lipinski definition) is 4. The van der Waals surface area contributed by atoms with E-state index in [2.05, 4.69) is 22.2 Å². The van der Waals surface area contributed by atoms with Crippen LogP contribution in [0.3, 0.4) is 0 Å². The first-order chi connectivity index (χ1) is 6.86. The molecule has 0 radical (unpaired) electrons. The van der Waals surface area contributed by atoms with Crippen LogP contribution in [-0.2, 0) is 0 Å². The summed E-state index contributed by atoms with van der Waals surface area (Å²) in [4.78, 5) is 7.90. The molecule has 2 N–H and O–H groups in total. The molecule has 1 atom stereocenters. The van der Waals surface area contributed by atoms with Gasteiger partial charge >= 0.3 is 0 Å². The fraction of sp³-hybridized carbons (Fsp3) is 0.600. The van der Waals surface area contributed by atoms with Crippen LogP contribution in [-0.4, -0.2) is 28.2 Å². The van der Waals surface area contributed by atoms with Crippen molar-refractivity contribution in [1.29, 1.82) is 0 Å². The van der Waals surface area contributed by atoms with Crippen molar-refractivity contribution >= 4 is 5.82 Å². The average Bonchev–Trinajstić information content (AvgIpc) is 2.25. The zero-order chi connectivity index (χ0) is 10.2. The van der Waals surface area contributed by atoms with Crippen LogP contribution in [0.5, 0.6) is 0 Å². The van der Waals surface area contributed by atoms with Crippen molar-refractivity contribution in [3.05, 3.63) is 18.6 Å². The zero-order valence-electron chi connectivity index (χ0n) is 8.48. The molecule has 0 saturated heterocycles. The first-order valence-corrected chi connectivity index (χ1v) is 4.97. The van der Waals surface area contributed by atoms with Crippen molar-refractivity contribution in [2.75, 3.05) is 18.5 Å². The number of aliphatic hydroxyl groups excluding tert-OH is 1. The summed E-state index contributed by atoms with van der Waals surface area (Å²) in [6.07, 6.45) is 5.14. The van der Waals surface area contributed by atoms with Gasteiger partial charge < -0.3 is 10.4 Å². The Morgan fingerprint density at radius 1 is 1.57 bits per heavy atom. The average molecular weight is 195 g/mol. The number of anilines is 1. The summed E-state index contributed by atoms with van der Waals surface area (Å²) in [5.74, 6) is 1.35. The lowest BCUT2D eigenvalue weighted by Crippen LogP contribution is -2.15. The molecule has 0 aliphatic rings. The maximum atomic E-state index is 8.81. The highest BCUT2D eigenvalue weighted by Crippen LogP contribution is 2.08. The first kappa shape index (κ1) is 10.9. The van der Waals surface area contributed by atoms with Gasteiger partial charge in [-0.05, 0) is 18.4 Å². The Kier molecular flexibility index (Phi) is 4.93. The topological polar surface area (TPSA) is 58.0 Å². The molecule has 0 spiro atoms. The Morgan fingerprint density at radius 2 is 2.43 bits per heavy atom. The standard InChI is InChI=1S/C10H17N3O/c1-2-9(4-6-14)7-12-10-3-5-11-8-13-10/h3,5,8-9,14H,2,4,6-7H2,1H3,(H,11,12,13). The third-order valence-corrected chi connectivity index (χ3v) is 2.27. The van der Waals surface area contributed by atoms with Gasteiger partial charge in [0.05, 0.1) is 0 Å². The maximum Gasteiger partial charge on any atom is 0.129 e. The summed E-state index contributed by atoms with van der Waals surface area (Å²) in [5, 5.41) is 12.0. The van der Waals surface area contributed by atoms with E-state index in [1.807, 2.05) is 6.07 Å². The molecular weight excluding hydrogens is 178 g/mol. The van der Waals surface area contributed by atoms with Gasteiger partial charge in [0.25, 0.3) is 0 Å². The van der Waals surface area contributed by atoms with Crippen LogP contribution in [0.15, 0.2) is 18.6 Å². The molecule has 0 saturated carbocycles. The van der Waals surface area contributed by atoms with Crippen molar-refractivity contribution in [2.45, 2.75) is 19.8 Å². The van der Waals surface area contributed by atoms with E-state index in [-0.39, 0.29) is 6.61 Å². The Morgan fingerprint density at radius 3 is 3.00 bits per heavy atom. The van der Waals surface area contributed by atoms with Gasteiger partial charge in [-0.25, -0.2) is 9.97 Å². The SMILES string of the molecule is CCC(CCO)CNc1ccncn1. The van der Waals surface area contributed by atoms with Gasteiger partial charge in [0, 0.05) is 19.3 Å². The number of aliphatic hydroxyl groups is 1. The van der Waals surface area contributed by atoms with Gasteiger partial charge in [0.15, 0.2) is 0 Å². The minimum absolute atomic E-state index is 0.254. The Labute approximate surface area is 84.4 Å². The van der Waals surface area contributed by atoms with Gasteiger partial charge in [-0.3, -0.25) is 0 Å². The van der Waals surface area contributed by atoms with Crippen molar-refractivity contribution in [1.82, 2.24) is 9.97 Å². The van der Waals surface area contributed by atoms with Crippen LogP contribution in [0.4, 0.5) is 5.82 Å². The second-order valence-corrected chi connectivity index (χ2v) is 3.26. The number of aromatic nitrogens is 2. The molecule has 0 fully saturated rings. The van der Waals surface area contributed by atoms with Gasteiger partial charge in [-0.15, -0.1) is 0 Å². The molecule has 1 heterocycles. The maximum absolute atomic E-state index is 8.81. The quantitative estimate of drug-likeness (QED) is 0.718. The molecular formula is C10H17N3O. The van der Waals surface area contributed by atoms with E-state index in [0.29, 0.717) is 5.92 Å². The van der Waals surface area contributed by atoms with Gasteiger partial charge in [0.1, 0.15) is 12.1 Å². The summed E-state index contributed by atoms with van der Waals surface area (Å²) >= 11 is 0. The van der Waals surface area contributed by atoms with Crippen LogP contribution < -0.4 is 5.32 Å². The van der Waals surface area contributed by atoms with E-state index in [1.165, 1.54) is 6.33 Å². The van der Waals surface area contributed by atoms with Crippen LogP contribution in [0.1, 0.15) is 19.8 Å². The highest BCUT2D eigenvalue weighted by Gasteiger charge is 2.04. The molecule has 1 aromatic heterocycles. The molecule has 14 heavy (non-hydrogen) atoms. The van der Waals surface area contributed by atoms with Gasteiger partial charge in [-0.1, -0.05) is 13.3 Å². The minimum atomic E-state index is 0.254. The van der Waals surface area contributed by atoms with Crippen molar-refractivity contribution in [3.63, 3.8) is 0 Å². The summed E-state index contributed by atoms with van der Waals surface area (Å²) in [6.45, 7) is 3.24. The highest BCUT2D eigenvalue weighted by molar-refractivity contribution is 5.31. The summed E-state index contributed by atoms with van der Waals surface area (Å²) < 4.78 is 0. The lowest BCUT2D eigenvalue weighted by molar-refractivity contribution is 0.258. The monoisotopic (exact) mass is 195 g/mol. The Bertz CT molecular complexity index is 240. The summed E-state index contributed by atoms with van der Waals surface area (Å²) in [6, 6.07) is 1.84. The number of hydrogen-bond donors (Lipinski definition) is 2. The number of nitrogens with one attached hydrogen (secondary N) is 1. The van der Waals surface area contributed by atoms with E-state index in [0.717, 1.165) is 25.2 Å². The lowest BCUT2D eigenvalue weighted by Gasteiger charge is -2.14. The van der Waals surface area contributed by atoms with Crippen molar-refractivity contribution in [3.8, 4) is 0 Å². The Balaban J connectivity index is 2.32. The summed E-state index contributed by atoms with van der Waals surface area (Å²) in [7, 11) is 0. The molecule has 0 bridgehead atoms. The van der Waals surface area contributed by atoms with Gasteiger partial charge in [-0.2, -0.15) is 0 Å². The van der Waals surface area contributed by atoms with E-state index in [4.69, 9.17) is 5.11 Å². The van der Waals surface area contributed by atoms with Crippen LogP contribution in [0, 0.1) is 5.92 Å². The second kappa shape index (κ2) is 6.32. The normalized spacial score (nSPS) is 12.4. The van der Waals surface area contributed by atoms with Crippen LogP contribution in [0.25, 0.3) is 0 Å². The molecule has 0 aromatic carbocycles. The van der Waals surface area contributed by atoms with Crippen LogP contribution >= 0.6 is 0 Å². The predicted octanol–water partition coefficient (Wildman–Crippen LogP) is 1.30. The zero-order valence-corrected chi connectivity index (χ0v) is 8.48. The fourth-order valence-electron chi connectivity index (χ4n) is 1.28. The minimum Gasteiger partial charge on any atom is -0.396 e. The molecule has 1 rings (SSSR count). The number of rotatable bonds is 6. The van der Waals surface area contributed by atoms with Crippen molar-refractivity contribution in [2.24, 2.45) is 5.92 Å². The summed E-state index contributed by atoms with van der Waals surface area (Å²) in [5.41, 5.74) is 0. The van der Waals surface area contributed by atoms with E-state index in [9.17, 15) is 0 Å². The predicted molar refractivity (Wildman–Crippen MR) is 56.0 cm³/mol. The van der Waals surface area contributed by atoms with Crippen LogP contribution in [0.2, 0.25) is 0 Å². The van der Waals surface area contributed by atoms with E-state index in [1.54, 1.807) is 6.20 Å². The van der Waals surface area contributed by atoms with E-state index < -0.39 is 0 Å². The first-order valence-electron chi connectivity index (χ1n) is 4.97. The highest BCUT2D eigenvalue weighted by atomic mass is 16.3. The molecule has 0 aliphatic heterocycles. The molecule has 78 valence electrons. The molecule has 0 aliphatic carbocycles. The van der Waals surface area contributed by atoms with Gasteiger partial charge in [0.2, 0.25) is 0 Å². The second-order valence-electron chi connectivity index (χ2n) is 3.26. The third-order valence-electron chi connectivity index (χ3n) is 2.27. The number of nitrogens with zero attached hydrogens (tertiary/aromatic N) is 2. The lowest BCUT2D eigenvalue weighted by atomic mass is 10.0. The molecule has 0 amide bonds. The molecule has 4 heteroatoms. The third kappa shape index (κ3) is 3.70. The molecule has 1 aromatic rings.